The number of hydrogen-bond donors (Lipinski definition) is 0. The summed E-state index contributed by atoms with van der Waals surface area (Å²) in [6, 6.07) is 10.4. The molecule has 1 aromatic carbocycles. The van der Waals surface area contributed by atoms with Crippen LogP contribution in [0.4, 0.5) is 0 Å². The normalized spacial score (nSPS) is 18.3. The molecule has 0 aliphatic heterocycles. The van der Waals surface area contributed by atoms with Gasteiger partial charge in [-0.25, -0.2) is 4.98 Å². The van der Waals surface area contributed by atoms with E-state index in [2.05, 4.69) is 36.6 Å². The van der Waals surface area contributed by atoms with E-state index in [0.717, 1.165) is 25.1 Å². The first-order valence-electron chi connectivity index (χ1n) is 7.99. The number of rotatable bonds is 4. The van der Waals surface area contributed by atoms with Gasteiger partial charge in [-0.05, 0) is 19.8 Å². The largest absolute Gasteiger partial charge is 0.368 e. The maximum absolute atomic E-state index is 6.23. The molecule has 1 saturated carbocycles. The van der Waals surface area contributed by atoms with Gasteiger partial charge in [-0.3, -0.25) is 0 Å². The lowest BCUT2D eigenvalue weighted by Crippen LogP contribution is -2.29. The molecule has 3 heteroatoms. The van der Waals surface area contributed by atoms with Crippen LogP contribution in [0.25, 0.3) is 11.3 Å². The monoisotopic (exact) mass is 301 g/mol. The maximum Gasteiger partial charge on any atom is 0.125 e. The number of ether oxygens (including phenoxy) is 1. The van der Waals surface area contributed by atoms with E-state index >= 15 is 0 Å². The van der Waals surface area contributed by atoms with Gasteiger partial charge in [0.15, 0.2) is 0 Å². The Morgan fingerprint density at radius 2 is 1.81 bits per heavy atom. The van der Waals surface area contributed by atoms with Gasteiger partial charge in [0.05, 0.1) is 5.69 Å². The zero-order valence-electron chi connectivity index (χ0n) is 12.7. The van der Waals surface area contributed by atoms with Crippen LogP contribution in [0.2, 0.25) is 0 Å². The topological polar surface area (TPSA) is 22.1 Å². The fourth-order valence-corrected chi connectivity index (χ4v) is 4.26. The van der Waals surface area contributed by atoms with E-state index in [1.54, 1.807) is 11.3 Å². The molecule has 2 aromatic rings. The standard InChI is InChI=1S/C18H23NOS/c1-2-20-18(12-8-3-4-9-13-18)17-19-16(14-21-17)15-10-6-5-7-11-15/h5-7,10-11,14H,2-4,8-9,12-13H2,1H3. The first-order valence-corrected chi connectivity index (χ1v) is 8.87. The molecule has 0 bridgehead atoms. The summed E-state index contributed by atoms with van der Waals surface area (Å²) in [6.45, 7) is 2.86. The Balaban J connectivity index is 1.91. The zero-order valence-corrected chi connectivity index (χ0v) is 13.5. The highest BCUT2D eigenvalue weighted by Crippen LogP contribution is 2.41. The van der Waals surface area contributed by atoms with Crippen molar-refractivity contribution < 1.29 is 4.74 Å². The fourth-order valence-electron chi connectivity index (χ4n) is 3.22. The lowest BCUT2D eigenvalue weighted by atomic mass is 9.95. The third kappa shape index (κ3) is 3.19. The van der Waals surface area contributed by atoms with Crippen LogP contribution in [0.3, 0.4) is 0 Å². The molecule has 3 rings (SSSR count). The van der Waals surface area contributed by atoms with Gasteiger partial charge in [-0.2, -0.15) is 0 Å². The van der Waals surface area contributed by atoms with Crippen LogP contribution in [-0.4, -0.2) is 11.6 Å². The van der Waals surface area contributed by atoms with E-state index in [9.17, 15) is 0 Å². The highest BCUT2D eigenvalue weighted by molar-refractivity contribution is 7.10. The van der Waals surface area contributed by atoms with Crippen molar-refractivity contribution in [1.29, 1.82) is 0 Å². The molecule has 0 radical (unpaired) electrons. The van der Waals surface area contributed by atoms with Crippen LogP contribution in [-0.2, 0) is 10.3 Å². The molecular formula is C18H23NOS. The molecule has 2 nitrogen and oxygen atoms in total. The molecule has 0 unspecified atom stereocenters. The smallest absolute Gasteiger partial charge is 0.125 e. The summed E-state index contributed by atoms with van der Waals surface area (Å²) in [5, 5.41) is 3.35. The molecule has 112 valence electrons. The van der Waals surface area contributed by atoms with Crippen molar-refractivity contribution in [3.8, 4) is 11.3 Å². The summed E-state index contributed by atoms with van der Waals surface area (Å²) >= 11 is 1.76. The Bertz CT molecular complexity index is 556. The molecule has 1 aliphatic rings. The van der Waals surface area contributed by atoms with Crippen LogP contribution in [0.15, 0.2) is 35.7 Å². The molecule has 1 heterocycles. The Labute approximate surface area is 131 Å². The van der Waals surface area contributed by atoms with Gasteiger partial charge >= 0.3 is 0 Å². The molecule has 1 aromatic heterocycles. The Morgan fingerprint density at radius 3 is 2.48 bits per heavy atom. The van der Waals surface area contributed by atoms with Gasteiger partial charge in [0.2, 0.25) is 0 Å². The van der Waals surface area contributed by atoms with Crippen molar-refractivity contribution in [3.63, 3.8) is 0 Å². The first-order chi connectivity index (χ1) is 10.3. The first kappa shape index (κ1) is 14.7. The molecule has 0 amide bonds. The predicted molar refractivity (Wildman–Crippen MR) is 88.6 cm³/mol. The highest BCUT2D eigenvalue weighted by atomic mass is 32.1. The van der Waals surface area contributed by atoms with Crippen LogP contribution in [0.5, 0.6) is 0 Å². The quantitative estimate of drug-likeness (QED) is 0.706. The third-order valence-corrected chi connectivity index (χ3v) is 5.32. The fraction of sp³-hybridized carbons (Fsp3) is 0.500. The summed E-state index contributed by atoms with van der Waals surface area (Å²) in [5.74, 6) is 0. The van der Waals surface area contributed by atoms with Gasteiger partial charge in [-0.15, -0.1) is 11.3 Å². The average Bonchev–Trinajstić information content (AvgIpc) is 2.91. The molecular weight excluding hydrogens is 278 g/mol. The highest BCUT2D eigenvalue weighted by Gasteiger charge is 2.36. The van der Waals surface area contributed by atoms with Crippen molar-refractivity contribution in [2.24, 2.45) is 0 Å². The summed E-state index contributed by atoms with van der Waals surface area (Å²) in [5.41, 5.74) is 2.14. The molecule has 0 spiro atoms. The number of nitrogens with zero attached hydrogens (tertiary/aromatic N) is 1. The number of benzene rings is 1. The van der Waals surface area contributed by atoms with Gasteiger partial charge in [-0.1, -0.05) is 56.0 Å². The summed E-state index contributed by atoms with van der Waals surface area (Å²) in [4.78, 5) is 4.93. The van der Waals surface area contributed by atoms with E-state index in [1.807, 2.05) is 6.07 Å². The average molecular weight is 301 g/mol. The number of aromatic nitrogens is 1. The van der Waals surface area contributed by atoms with Gasteiger partial charge < -0.3 is 4.74 Å². The van der Waals surface area contributed by atoms with Crippen LogP contribution < -0.4 is 0 Å². The van der Waals surface area contributed by atoms with E-state index in [1.165, 1.54) is 36.3 Å². The second kappa shape index (κ2) is 6.71. The Kier molecular flexibility index (Phi) is 4.71. The maximum atomic E-state index is 6.23. The molecule has 21 heavy (non-hydrogen) atoms. The van der Waals surface area contributed by atoms with E-state index in [-0.39, 0.29) is 5.60 Å². The lowest BCUT2D eigenvalue weighted by Gasteiger charge is -2.30. The van der Waals surface area contributed by atoms with Crippen molar-refractivity contribution >= 4 is 11.3 Å². The Morgan fingerprint density at radius 1 is 1.10 bits per heavy atom. The van der Waals surface area contributed by atoms with Gasteiger partial charge in [0.1, 0.15) is 10.6 Å². The van der Waals surface area contributed by atoms with Gasteiger partial charge in [0, 0.05) is 17.6 Å². The number of hydrogen-bond acceptors (Lipinski definition) is 3. The molecule has 0 atom stereocenters. The minimum Gasteiger partial charge on any atom is -0.368 e. The molecule has 0 saturated heterocycles. The molecule has 1 aliphatic carbocycles. The SMILES string of the molecule is CCOC1(c2nc(-c3ccccc3)cs2)CCCCCC1. The van der Waals surface area contributed by atoms with Crippen molar-refractivity contribution in [1.82, 2.24) is 4.98 Å². The minimum absolute atomic E-state index is 0.136. The Hall–Kier alpha value is -1.19. The van der Waals surface area contributed by atoms with E-state index < -0.39 is 0 Å². The second-order valence-electron chi connectivity index (χ2n) is 5.75. The minimum atomic E-state index is -0.136. The van der Waals surface area contributed by atoms with E-state index in [4.69, 9.17) is 9.72 Å². The number of thiazole rings is 1. The van der Waals surface area contributed by atoms with E-state index in [0.29, 0.717) is 0 Å². The second-order valence-corrected chi connectivity index (χ2v) is 6.60. The molecule has 0 N–H and O–H groups in total. The third-order valence-electron chi connectivity index (χ3n) is 4.30. The van der Waals surface area contributed by atoms with Crippen molar-refractivity contribution in [2.75, 3.05) is 6.61 Å². The predicted octanol–water partition coefficient (Wildman–Crippen LogP) is 5.40. The van der Waals surface area contributed by atoms with Crippen LogP contribution in [0, 0.1) is 0 Å². The zero-order chi connectivity index (χ0) is 14.5. The lowest BCUT2D eigenvalue weighted by molar-refractivity contribution is -0.0559. The van der Waals surface area contributed by atoms with Crippen molar-refractivity contribution in [3.05, 3.63) is 40.7 Å². The summed E-state index contributed by atoms with van der Waals surface area (Å²) < 4.78 is 6.23. The van der Waals surface area contributed by atoms with Crippen molar-refractivity contribution in [2.45, 2.75) is 51.0 Å². The summed E-state index contributed by atoms with van der Waals surface area (Å²) in [7, 11) is 0. The van der Waals surface area contributed by atoms with Crippen LogP contribution >= 0.6 is 11.3 Å². The summed E-state index contributed by atoms with van der Waals surface area (Å²) in [6.07, 6.45) is 7.38. The van der Waals surface area contributed by atoms with Gasteiger partial charge in [0.25, 0.3) is 0 Å². The molecule has 1 fully saturated rings. The van der Waals surface area contributed by atoms with Crippen LogP contribution in [0.1, 0.15) is 50.5 Å².